The molecule has 6 rings (SSSR count). The molecule has 2 saturated heterocycles. The van der Waals surface area contributed by atoms with E-state index in [1.165, 1.54) is 12.1 Å². The van der Waals surface area contributed by atoms with E-state index in [-0.39, 0.29) is 61.2 Å². The first-order valence-corrected chi connectivity index (χ1v) is 15.5. The van der Waals surface area contributed by atoms with Gasteiger partial charge in [0.15, 0.2) is 12.1 Å². The minimum Gasteiger partial charge on any atom is -0.508 e. The zero-order valence-corrected chi connectivity index (χ0v) is 26.0. The lowest BCUT2D eigenvalue weighted by Gasteiger charge is -2.55. The van der Waals surface area contributed by atoms with Crippen LogP contribution in [-0.4, -0.2) is 87.7 Å². The minimum atomic E-state index is -0.862. The number of aliphatic imine (C=N–C) groups is 1. The fraction of sp³-hybridized carbons (Fsp3) is 0.243. The number of hydrazine groups is 1. The molecule has 0 spiro atoms. The maximum absolute atomic E-state index is 14.5. The van der Waals surface area contributed by atoms with E-state index < -0.39 is 12.2 Å². The van der Waals surface area contributed by atoms with Crippen molar-refractivity contribution in [2.75, 3.05) is 26.7 Å². The Labute approximate surface area is 273 Å². The highest BCUT2D eigenvalue weighted by atomic mass is 19.1. The summed E-state index contributed by atoms with van der Waals surface area (Å²) in [7, 11) is 1.72. The molecule has 2 heterocycles. The van der Waals surface area contributed by atoms with Crippen molar-refractivity contribution in [3.63, 3.8) is 0 Å². The molecule has 0 saturated carbocycles. The number of likely N-dealkylation sites (N-methyl/N-ethyl adjacent to an activating group) is 1. The van der Waals surface area contributed by atoms with Crippen LogP contribution < -0.4 is 0 Å². The smallest absolute Gasteiger partial charge is 0.245 e. The Bertz CT molecular complexity index is 1700. The van der Waals surface area contributed by atoms with Gasteiger partial charge in [-0.05, 0) is 46.5 Å². The van der Waals surface area contributed by atoms with E-state index >= 15 is 0 Å². The number of aldehydes is 1. The highest BCUT2D eigenvalue weighted by Crippen LogP contribution is 2.32. The van der Waals surface area contributed by atoms with Gasteiger partial charge in [-0.15, -0.1) is 0 Å². The normalized spacial score (nSPS) is 18.9. The first-order chi connectivity index (χ1) is 22.8. The molecular weight excluding hydrogens is 597 g/mol. The van der Waals surface area contributed by atoms with Gasteiger partial charge < -0.3 is 14.9 Å². The first kappa shape index (κ1) is 31.6. The third kappa shape index (κ3) is 6.92. The number of aromatic hydroxyl groups is 1. The zero-order valence-electron chi connectivity index (χ0n) is 26.0. The maximum atomic E-state index is 14.5. The summed E-state index contributed by atoms with van der Waals surface area (Å²) in [5, 5.41) is 13.2. The summed E-state index contributed by atoms with van der Waals surface area (Å²) in [5.74, 6) is -0.747. The molecule has 0 radical (unpaired) electrons. The van der Waals surface area contributed by atoms with Crippen LogP contribution in [-0.2, 0) is 27.3 Å². The van der Waals surface area contributed by atoms with Crippen molar-refractivity contribution in [2.45, 2.75) is 31.1 Å². The van der Waals surface area contributed by atoms with Gasteiger partial charge in [-0.2, -0.15) is 0 Å². The number of piperazine rings is 1. The lowest BCUT2D eigenvalue weighted by atomic mass is 9.89. The number of benzene rings is 4. The molecule has 0 unspecified atom stereocenters. The average molecular weight is 634 g/mol. The van der Waals surface area contributed by atoms with Gasteiger partial charge in [0, 0.05) is 25.9 Å². The van der Waals surface area contributed by atoms with Crippen LogP contribution in [0.25, 0.3) is 0 Å². The number of amidine groups is 1. The second kappa shape index (κ2) is 14.0. The SMILES string of the molecule is CN1CC(=O)N2[C@@H](Cc3ccc(O)cc3)C(=O)N(CC(c3ccccc3)c3ccccc3)C[C@@H]2N1C(C=O)=NCc1ccc(F)cc1. The second-order valence-corrected chi connectivity index (χ2v) is 11.9. The summed E-state index contributed by atoms with van der Waals surface area (Å²) >= 11 is 0. The van der Waals surface area contributed by atoms with Gasteiger partial charge >= 0.3 is 0 Å². The molecule has 2 amide bonds. The van der Waals surface area contributed by atoms with Crippen LogP contribution >= 0.6 is 0 Å². The zero-order chi connectivity index (χ0) is 32.9. The molecule has 47 heavy (non-hydrogen) atoms. The molecule has 0 aromatic heterocycles. The summed E-state index contributed by atoms with van der Waals surface area (Å²) in [6, 6.07) is 31.6. The molecule has 9 nitrogen and oxygen atoms in total. The lowest BCUT2D eigenvalue weighted by Crippen LogP contribution is -2.75. The highest BCUT2D eigenvalue weighted by molar-refractivity contribution is 6.27. The molecule has 2 aliphatic rings. The Balaban J connectivity index is 1.39. The van der Waals surface area contributed by atoms with Crippen molar-refractivity contribution in [1.29, 1.82) is 0 Å². The molecule has 10 heteroatoms. The van der Waals surface area contributed by atoms with Crippen LogP contribution in [0.1, 0.15) is 28.2 Å². The van der Waals surface area contributed by atoms with Crippen LogP contribution in [0.4, 0.5) is 4.39 Å². The number of fused-ring (bicyclic) bond motifs is 1. The largest absolute Gasteiger partial charge is 0.508 e. The summed E-state index contributed by atoms with van der Waals surface area (Å²) in [6.45, 7) is 0.553. The predicted octanol–water partition coefficient (Wildman–Crippen LogP) is 4.23. The molecule has 2 aliphatic heterocycles. The maximum Gasteiger partial charge on any atom is 0.245 e. The van der Waals surface area contributed by atoms with Gasteiger partial charge in [-0.1, -0.05) is 84.9 Å². The third-order valence-corrected chi connectivity index (χ3v) is 8.79. The molecule has 4 aromatic carbocycles. The van der Waals surface area contributed by atoms with Crippen molar-refractivity contribution in [1.82, 2.24) is 19.8 Å². The topological polar surface area (TPSA) is 96.8 Å². The number of rotatable bonds is 9. The van der Waals surface area contributed by atoms with Gasteiger partial charge in [0.2, 0.25) is 11.8 Å². The third-order valence-electron chi connectivity index (χ3n) is 8.79. The summed E-state index contributed by atoms with van der Waals surface area (Å²) in [4.78, 5) is 48.8. The molecule has 240 valence electrons. The van der Waals surface area contributed by atoms with E-state index in [1.54, 1.807) is 63.3 Å². The number of hydrogen-bond donors (Lipinski definition) is 1. The Morgan fingerprint density at radius 1 is 0.894 bits per heavy atom. The van der Waals surface area contributed by atoms with Crippen LogP contribution in [0.3, 0.4) is 0 Å². The molecular formula is C37H36FN5O4. The van der Waals surface area contributed by atoms with E-state index in [1.807, 2.05) is 60.7 Å². The monoisotopic (exact) mass is 633 g/mol. The lowest BCUT2D eigenvalue weighted by molar-refractivity contribution is -0.184. The molecule has 0 aliphatic carbocycles. The van der Waals surface area contributed by atoms with Crippen molar-refractivity contribution >= 4 is 23.9 Å². The standard InChI is InChI=1S/C37H36FN5O4/c1-40-24-36(46)42-33(20-26-14-18-31(45)19-15-26)37(47)41(22-32(28-8-4-2-5-9-28)29-10-6-3-7-11-29)23-35(42)43(40)34(25-44)39-21-27-12-16-30(38)17-13-27/h2-19,25,32-33,35,45H,20-24H2,1H3/t33-,35-/m0/s1. The number of phenols is 1. The van der Waals surface area contributed by atoms with E-state index in [4.69, 9.17) is 0 Å². The molecule has 1 N–H and O–H groups in total. The first-order valence-electron chi connectivity index (χ1n) is 15.5. The van der Waals surface area contributed by atoms with Crippen LogP contribution in [0.2, 0.25) is 0 Å². The number of carbonyl (C=O) groups is 3. The summed E-state index contributed by atoms with van der Waals surface area (Å²) in [6.07, 6.45) is 0.158. The highest BCUT2D eigenvalue weighted by Gasteiger charge is 2.50. The van der Waals surface area contributed by atoms with Crippen molar-refractivity contribution < 1.29 is 23.9 Å². The number of carbonyl (C=O) groups excluding carboxylic acids is 3. The predicted molar refractivity (Wildman–Crippen MR) is 176 cm³/mol. The molecule has 4 aromatic rings. The van der Waals surface area contributed by atoms with Crippen molar-refractivity contribution in [3.05, 3.63) is 137 Å². The Kier molecular flexibility index (Phi) is 9.40. The fourth-order valence-electron chi connectivity index (χ4n) is 6.48. The average Bonchev–Trinajstić information content (AvgIpc) is 3.09. The van der Waals surface area contributed by atoms with Gasteiger partial charge in [0.25, 0.3) is 0 Å². The Morgan fingerprint density at radius 3 is 2.09 bits per heavy atom. The van der Waals surface area contributed by atoms with Gasteiger partial charge in [0.05, 0.1) is 19.6 Å². The van der Waals surface area contributed by atoms with E-state index in [9.17, 15) is 23.9 Å². The van der Waals surface area contributed by atoms with Gasteiger partial charge in [-0.3, -0.25) is 24.4 Å². The Hall–Kier alpha value is -5.35. The van der Waals surface area contributed by atoms with Crippen molar-refractivity contribution in [2.24, 2.45) is 4.99 Å². The number of halogens is 1. The number of nitrogens with zero attached hydrogens (tertiary/aromatic N) is 5. The second-order valence-electron chi connectivity index (χ2n) is 11.9. The molecule has 2 fully saturated rings. The van der Waals surface area contributed by atoms with Crippen LogP contribution in [0.5, 0.6) is 5.75 Å². The van der Waals surface area contributed by atoms with Crippen molar-refractivity contribution in [3.8, 4) is 5.75 Å². The van der Waals surface area contributed by atoms with Crippen LogP contribution in [0.15, 0.2) is 114 Å². The van der Waals surface area contributed by atoms with E-state index in [0.29, 0.717) is 12.8 Å². The number of hydrogen-bond acceptors (Lipinski definition) is 6. The number of amides is 2. The van der Waals surface area contributed by atoms with Gasteiger partial charge in [-0.25, -0.2) is 9.40 Å². The number of phenolic OH excluding ortho intramolecular Hbond substituents is 1. The minimum absolute atomic E-state index is 0.0596. The summed E-state index contributed by atoms with van der Waals surface area (Å²) in [5.41, 5.74) is 3.60. The van der Waals surface area contributed by atoms with E-state index in [2.05, 4.69) is 4.99 Å². The summed E-state index contributed by atoms with van der Waals surface area (Å²) < 4.78 is 13.5. The van der Waals surface area contributed by atoms with E-state index in [0.717, 1.165) is 22.3 Å². The van der Waals surface area contributed by atoms with Crippen LogP contribution in [0, 0.1) is 5.82 Å². The van der Waals surface area contributed by atoms with Gasteiger partial charge in [0.1, 0.15) is 23.8 Å². The molecule has 0 bridgehead atoms. The Morgan fingerprint density at radius 2 is 1.49 bits per heavy atom. The quantitative estimate of drug-likeness (QED) is 0.168. The fourth-order valence-corrected chi connectivity index (χ4v) is 6.48. The molecule has 2 atom stereocenters.